The summed E-state index contributed by atoms with van der Waals surface area (Å²) < 4.78 is 18.3. The number of amides is 1. The SMILES string of the molecule is CCOCC(=O)N1CCC[C@H](c2ccnc(-c3ccc(F)cc3)n2)C1. The lowest BCUT2D eigenvalue weighted by atomic mass is 9.94. The number of likely N-dealkylation sites (tertiary alicyclic amines) is 1. The van der Waals surface area contributed by atoms with Crippen LogP contribution in [-0.2, 0) is 9.53 Å². The molecule has 1 fully saturated rings. The minimum atomic E-state index is -0.282. The van der Waals surface area contributed by atoms with E-state index in [1.54, 1.807) is 18.3 Å². The van der Waals surface area contributed by atoms with E-state index in [4.69, 9.17) is 4.74 Å². The second kappa shape index (κ2) is 8.16. The predicted molar refractivity (Wildman–Crippen MR) is 92.5 cm³/mol. The van der Waals surface area contributed by atoms with Crippen LogP contribution in [0.5, 0.6) is 0 Å². The van der Waals surface area contributed by atoms with Gasteiger partial charge in [-0.25, -0.2) is 14.4 Å². The largest absolute Gasteiger partial charge is 0.372 e. The maximum absolute atomic E-state index is 13.1. The van der Waals surface area contributed by atoms with Crippen LogP contribution < -0.4 is 0 Å². The first-order valence-corrected chi connectivity index (χ1v) is 8.61. The molecule has 5 nitrogen and oxygen atoms in total. The van der Waals surface area contributed by atoms with Crippen molar-refractivity contribution in [3.8, 4) is 11.4 Å². The fourth-order valence-corrected chi connectivity index (χ4v) is 3.06. The van der Waals surface area contributed by atoms with Gasteiger partial charge in [-0.1, -0.05) is 0 Å². The van der Waals surface area contributed by atoms with Gasteiger partial charge in [0.05, 0.1) is 0 Å². The van der Waals surface area contributed by atoms with Gasteiger partial charge in [-0.2, -0.15) is 0 Å². The van der Waals surface area contributed by atoms with E-state index in [0.717, 1.165) is 30.6 Å². The van der Waals surface area contributed by atoms with Crippen molar-refractivity contribution in [2.45, 2.75) is 25.7 Å². The van der Waals surface area contributed by atoms with Crippen molar-refractivity contribution in [1.82, 2.24) is 14.9 Å². The highest BCUT2D eigenvalue weighted by Crippen LogP contribution is 2.27. The van der Waals surface area contributed by atoms with Crippen molar-refractivity contribution in [2.75, 3.05) is 26.3 Å². The molecule has 6 heteroatoms. The number of ether oxygens (including phenoxy) is 1. The van der Waals surface area contributed by atoms with E-state index in [9.17, 15) is 9.18 Å². The predicted octanol–water partition coefficient (Wildman–Crippen LogP) is 3.03. The molecule has 2 aromatic rings. The number of halogens is 1. The molecule has 1 saturated heterocycles. The molecular formula is C19H22FN3O2. The van der Waals surface area contributed by atoms with Crippen molar-refractivity contribution in [3.05, 3.63) is 48.0 Å². The lowest BCUT2D eigenvalue weighted by molar-refractivity contribution is -0.137. The Morgan fingerprint density at radius 3 is 2.88 bits per heavy atom. The molecule has 0 saturated carbocycles. The minimum absolute atomic E-state index is 0.0272. The highest BCUT2D eigenvalue weighted by molar-refractivity contribution is 5.77. The summed E-state index contributed by atoms with van der Waals surface area (Å²) in [6, 6.07) is 8.05. The zero-order chi connectivity index (χ0) is 17.6. The van der Waals surface area contributed by atoms with Crippen molar-refractivity contribution in [3.63, 3.8) is 0 Å². The topological polar surface area (TPSA) is 55.3 Å². The van der Waals surface area contributed by atoms with E-state index in [2.05, 4.69) is 9.97 Å². The second-order valence-corrected chi connectivity index (χ2v) is 6.13. The van der Waals surface area contributed by atoms with Gasteiger partial charge in [-0.15, -0.1) is 0 Å². The van der Waals surface area contributed by atoms with Crippen LogP contribution >= 0.6 is 0 Å². The van der Waals surface area contributed by atoms with E-state index >= 15 is 0 Å². The number of carbonyl (C=O) groups is 1. The Morgan fingerprint density at radius 1 is 1.32 bits per heavy atom. The number of carbonyl (C=O) groups excluding carboxylic acids is 1. The summed E-state index contributed by atoms with van der Waals surface area (Å²) in [5, 5.41) is 0. The summed E-state index contributed by atoms with van der Waals surface area (Å²) in [6.07, 6.45) is 3.65. The van der Waals surface area contributed by atoms with Gasteiger partial charge < -0.3 is 9.64 Å². The maximum Gasteiger partial charge on any atom is 0.248 e. The van der Waals surface area contributed by atoms with Crippen LogP contribution in [0, 0.1) is 5.82 Å². The molecule has 3 rings (SSSR count). The number of piperidine rings is 1. The first-order chi connectivity index (χ1) is 12.2. The molecular weight excluding hydrogens is 321 g/mol. The summed E-state index contributed by atoms with van der Waals surface area (Å²) in [5.74, 6) is 0.506. The Morgan fingerprint density at radius 2 is 2.12 bits per heavy atom. The molecule has 0 radical (unpaired) electrons. The molecule has 0 spiro atoms. The van der Waals surface area contributed by atoms with E-state index in [-0.39, 0.29) is 24.2 Å². The van der Waals surface area contributed by atoms with Crippen LogP contribution in [0.1, 0.15) is 31.4 Å². The number of hydrogen-bond donors (Lipinski definition) is 0. The Balaban J connectivity index is 1.74. The van der Waals surface area contributed by atoms with Gasteiger partial charge in [0.1, 0.15) is 12.4 Å². The van der Waals surface area contributed by atoms with Crippen LogP contribution in [-0.4, -0.2) is 47.1 Å². The quantitative estimate of drug-likeness (QED) is 0.837. The molecule has 1 aliphatic heterocycles. The van der Waals surface area contributed by atoms with Crippen LogP contribution in [0.25, 0.3) is 11.4 Å². The fraction of sp³-hybridized carbons (Fsp3) is 0.421. The first-order valence-electron chi connectivity index (χ1n) is 8.61. The summed E-state index contributed by atoms with van der Waals surface area (Å²) in [7, 11) is 0. The normalized spacial score (nSPS) is 17.5. The molecule has 132 valence electrons. The van der Waals surface area contributed by atoms with Gasteiger partial charge in [0.25, 0.3) is 0 Å². The first kappa shape index (κ1) is 17.5. The molecule has 1 aliphatic rings. The standard InChI is InChI=1S/C19H22FN3O2/c1-2-25-13-18(24)23-11-3-4-15(12-23)17-9-10-21-19(22-17)14-5-7-16(20)8-6-14/h5-10,15H,2-4,11-13H2,1H3/t15-/m0/s1. The van der Waals surface area contributed by atoms with E-state index in [0.29, 0.717) is 19.0 Å². The Labute approximate surface area is 146 Å². The summed E-state index contributed by atoms with van der Waals surface area (Å²) in [5.41, 5.74) is 1.70. The monoisotopic (exact) mass is 343 g/mol. The van der Waals surface area contributed by atoms with E-state index < -0.39 is 0 Å². The molecule has 0 bridgehead atoms. The van der Waals surface area contributed by atoms with Gasteiger partial charge in [0.15, 0.2) is 5.82 Å². The molecule has 0 N–H and O–H groups in total. The third-order valence-corrected chi connectivity index (χ3v) is 4.40. The number of hydrogen-bond acceptors (Lipinski definition) is 4. The summed E-state index contributed by atoms with van der Waals surface area (Å²) in [6.45, 7) is 3.96. The zero-order valence-corrected chi connectivity index (χ0v) is 14.3. The van der Waals surface area contributed by atoms with E-state index in [1.807, 2.05) is 17.9 Å². The van der Waals surface area contributed by atoms with Crippen molar-refractivity contribution >= 4 is 5.91 Å². The Bertz CT molecular complexity index is 721. The van der Waals surface area contributed by atoms with Gasteiger partial charge in [-0.05, 0) is 50.1 Å². The third-order valence-electron chi connectivity index (χ3n) is 4.40. The molecule has 1 atom stereocenters. The average Bonchev–Trinajstić information content (AvgIpc) is 2.67. The van der Waals surface area contributed by atoms with Crippen molar-refractivity contribution in [2.24, 2.45) is 0 Å². The smallest absolute Gasteiger partial charge is 0.248 e. The van der Waals surface area contributed by atoms with Crippen LogP contribution in [0.2, 0.25) is 0 Å². The number of aromatic nitrogens is 2. The lowest BCUT2D eigenvalue weighted by Crippen LogP contribution is -2.41. The average molecular weight is 343 g/mol. The minimum Gasteiger partial charge on any atom is -0.372 e. The van der Waals surface area contributed by atoms with Gasteiger partial charge >= 0.3 is 0 Å². The van der Waals surface area contributed by atoms with Crippen LogP contribution in [0.4, 0.5) is 4.39 Å². The highest BCUT2D eigenvalue weighted by atomic mass is 19.1. The third kappa shape index (κ3) is 4.39. The van der Waals surface area contributed by atoms with E-state index in [1.165, 1.54) is 12.1 Å². The zero-order valence-electron chi connectivity index (χ0n) is 14.3. The lowest BCUT2D eigenvalue weighted by Gasteiger charge is -2.32. The van der Waals surface area contributed by atoms with Crippen LogP contribution in [0.3, 0.4) is 0 Å². The molecule has 25 heavy (non-hydrogen) atoms. The Hall–Kier alpha value is -2.34. The molecule has 2 heterocycles. The number of rotatable bonds is 5. The molecule has 1 amide bonds. The number of nitrogens with zero attached hydrogens (tertiary/aromatic N) is 3. The molecule has 1 aromatic carbocycles. The summed E-state index contributed by atoms with van der Waals surface area (Å²) >= 11 is 0. The highest BCUT2D eigenvalue weighted by Gasteiger charge is 2.25. The summed E-state index contributed by atoms with van der Waals surface area (Å²) in [4.78, 5) is 23.0. The van der Waals surface area contributed by atoms with Gasteiger partial charge in [0.2, 0.25) is 5.91 Å². The maximum atomic E-state index is 13.1. The molecule has 0 aliphatic carbocycles. The fourth-order valence-electron chi connectivity index (χ4n) is 3.06. The van der Waals surface area contributed by atoms with Crippen molar-refractivity contribution < 1.29 is 13.9 Å². The molecule has 0 unspecified atom stereocenters. The molecule has 1 aromatic heterocycles. The number of benzene rings is 1. The van der Waals surface area contributed by atoms with Gasteiger partial charge in [0, 0.05) is 43.1 Å². The van der Waals surface area contributed by atoms with Crippen molar-refractivity contribution in [1.29, 1.82) is 0 Å². The van der Waals surface area contributed by atoms with Crippen LogP contribution in [0.15, 0.2) is 36.5 Å². The Kier molecular flexibility index (Phi) is 5.71. The second-order valence-electron chi connectivity index (χ2n) is 6.13. The van der Waals surface area contributed by atoms with Gasteiger partial charge in [-0.3, -0.25) is 4.79 Å².